The fourth-order valence-electron chi connectivity index (χ4n) is 2.99. The van der Waals surface area contributed by atoms with Gasteiger partial charge in [0.15, 0.2) is 0 Å². The lowest BCUT2D eigenvalue weighted by molar-refractivity contribution is -0.120. The summed E-state index contributed by atoms with van der Waals surface area (Å²) in [5, 5.41) is 3.60. The maximum absolute atomic E-state index is 13.7. The van der Waals surface area contributed by atoms with E-state index in [1.807, 2.05) is 18.2 Å². The zero-order valence-electron chi connectivity index (χ0n) is 13.4. The minimum absolute atomic E-state index is 0.136. The number of anilines is 1. The number of hydrogen-bond donors (Lipinski definition) is 1. The number of fused-ring (bicyclic) bond motifs is 1. The van der Waals surface area contributed by atoms with Crippen molar-refractivity contribution >= 4 is 22.9 Å². The number of hydrogen-bond acceptors (Lipinski definition) is 4. The van der Waals surface area contributed by atoms with E-state index in [9.17, 15) is 9.18 Å². The quantitative estimate of drug-likeness (QED) is 0.772. The number of halogens is 1. The second-order valence-corrected chi connectivity index (χ2v) is 7.10. The number of aromatic nitrogens is 2. The molecule has 1 aromatic carbocycles. The van der Waals surface area contributed by atoms with Crippen LogP contribution in [0.15, 0.2) is 48.7 Å². The van der Waals surface area contributed by atoms with Crippen molar-refractivity contribution in [3.8, 4) is 10.7 Å². The van der Waals surface area contributed by atoms with Gasteiger partial charge in [-0.3, -0.25) is 9.78 Å². The fourth-order valence-corrected chi connectivity index (χ4v) is 4.16. The number of nitrogens with one attached hydrogen (secondary N) is 1. The van der Waals surface area contributed by atoms with Crippen molar-refractivity contribution in [2.75, 3.05) is 5.32 Å². The second-order valence-electron chi connectivity index (χ2n) is 6.01. The number of nitrogens with zero attached hydrogens (tertiary/aromatic N) is 2. The third kappa shape index (κ3) is 3.30. The molecule has 1 unspecified atom stereocenters. The summed E-state index contributed by atoms with van der Waals surface area (Å²) < 4.78 is 13.7. The standard InChI is InChI=1S/C19H16FN3OS/c20-13-5-1-2-6-14(13)22-18(24)12-8-9-15-17(11-12)25-19(23-15)16-7-3-4-10-21-16/h1-7,10,12H,8-9,11H2,(H,22,24). The summed E-state index contributed by atoms with van der Waals surface area (Å²) in [6, 6.07) is 12.0. The van der Waals surface area contributed by atoms with Gasteiger partial charge in [-0.2, -0.15) is 0 Å². The Morgan fingerprint density at radius 3 is 2.84 bits per heavy atom. The van der Waals surface area contributed by atoms with Gasteiger partial charge in [0.2, 0.25) is 5.91 Å². The second kappa shape index (κ2) is 6.72. The summed E-state index contributed by atoms with van der Waals surface area (Å²) >= 11 is 1.59. The topological polar surface area (TPSA) is 54.9 Å². The number of pyridine rings is 1. The lowest BCUT2D eigenvalue weighted by atomic mass is 9.90. The molecule has 6 heteroatoms. The molecule has 1 amide bonds. The maximum Gasteiger partial charge on any atom is 0.227 e. The number of rotatable bonds is 3. The van der Waals surface area contributed by atoms with Crippen LogP contribution >= 0.6 is 11.3 Å². The number of carbonyl (C=O) groups is 1. The van der Waals surface area contributed by atoms with Crippen LogP contribution in [0.3, 0.4) is 0 Å². The van der Waals surface area contributed by atoms with Gasteiger partial charge in [-0.05, 0) is 43.5 Å². The van der Waals surface area contributed by atoms with E-state index >= 15 is 0 Å². The van der Waals surface area contributed by atoms with E-state index in [1.54, 1.807) is 35.7 Å². The highest BCUT2D eigenvalue weighted by Gasteiger charge is 2.28. The van der Waals surface area contributed by atoms with E-state index in [-0.39, 0.29) is 17.5 Å². The summed E-state index contributed by atoms with van der Waals surface area (Å²) in [5.74, 6) is -0.713. The van der Waals surface area contributed by atoms with Crippen LogP contribution in [0.25, 0.3) is 10.7 Å². The minimum atomic E-state index is -0.414. The first-order chi connectivity index (χ1) is 12.2. The van der Waals surface area contributed by atoms with Crippen molar-refractivity contribution in [1.82, 2.24) is 9.97 Å². The van der Waals surface area contributed by atoms with E-state index in [4.69, 9.17) is 0 Å². The number of carbonyl (C=O) groups excluding carboxylic acids is 1. The third-order valence-corrected chi connectivity index (χ3v) is 5.47. The Balaban J connectivity index is 1.50. The van der Waals surface area contributed by atoms with Crippen molar-refractivity contribution in [3.63, 3.8) is 0 Å². The molecule has 0 fully saturated rings. The van der Waals surface area contributed by atoms with Crippen molar-refractivity contribution in [2.24, 2.45) is 5.92 Å². The molecule has 0 aliphatic heterocycles. The van der Waals surface area contributed by atoms with Gasteiger partial charge in [-0.15, -0.1) is 11.3 Å². The first-order valence-electron chi connectivity index (χ1n) is 8.16. The van der Waals surface area contributed by atoms with Crippen LogP contribution < -0.4 is 5.32 Å². The van der Waals surface area contributed by atoms with Crippen molar-refractivity contribution in [3.05, 3.63) is 65.0 Å². The summed E-state index contributed by atoms with van der Waals surface area (Å²) in [6.45, 7) is 0. The predicted molar refractivity (Wildman–Crippen MR) is 95.9 cm³/mol. The van der Waals surface area contributed by atoms with Crippen molar-refractivity contribution in [1.29, 1.82) is 0 Å². The van der Waals surface area contributed by atoms with Crippen LogP contribution in [0, 0.1) is 11.7 Å². The molecular formula is C19H16FN3OS. The number of aryl methyl sites for hydroxylation is 1. The van der Waals surface area contributed by atoms with E-state index in [0.717, 1.165) is 34.1 Å². The summed E-state index contributed by atoms with van der Waals surface area (Å²) in [6.07, 6.45) is 3.87. The van der Waals surface area contributed by atoms with Crippen LogP contribution in [0.1, 0.15) is 17.0 Å². The Hall–Kier alpha value is -2.60. The highest BCUT2D eigenvalue weighted by molar-refractivity contribution is 7.15. The minimum Gasteiger partial charge on any atom is -0.323 e. The molecule has 126 valence electrons. The lowest BCUT2D eigenvalue weighted by Crippen LogP contribution is -2.28. The van der Waals surface area contributed by atoms with Crippen molar-refractivity contribution in [2.45, 2.75) is 19.3 Å². The van der Waals surface area contributed by atoms with Crippen LogP contribution in [-0.4, -0.2) is 15.9 Å². The molecule has 2 aromatic heterocycles. The Labute approximate surface area is 148 Å². The van der Waals surface area contributed by atoms with Gasteiger partial charge in [-0.1, -0.05) is 18.2 Å². The maximum atomic E-state index is 13.7. The molecule has 2 heterocycles. The van der Waals surface area contributed by atoms with Gasteiger partial charge in [0.1, 0.15) is 10.8 Å². The predicted octanol–water partition coefficient (Wildman–Crippen LogP) is 4.09. The molecule has 0 bridgehead atoms. The van der Waals surface area contributed by atoms with Crippen LogP contribution in [-0.2, 0) is 17.6 Å². The SMILES string of the molecule is O=C(Nc1ccccc1F)C1CCc2nc(-c3ccccn3)sc2C1. The van der Waals surface area contributed by atoms with Crippen LogP contribution in [0.2, 0.25) is 0 Å². The molecule has 1 atom stereocenters. The Kier molecular flexibility index (Phi) is 4.28. The van der Waals surface area contributed by atoms with E-state index in [0.29, 0.717) is 6.42 Å². The average molecular weight is 353 g/mol. The Bertz CT molecular complexity index is 910. The normalized spacial score (nSPS) is 16.3. The fraction of sp³-hybridized carbons (Fsp3) is 0.211. The van der Waals surface area contributed by atoms with Crippen LogP contribution in [0.4, 0.5) is 10.1 Å². The first kappa shape index (κ1) is 15.9. The highest BCUT2D eigenvalue weighted by atomic mass is 32.1. The molecule has 0 spiro atoms. The lowest BCUT2D eigenvalue weighted by Gasteiger charge is -2.20. The molecule has 0 saturated carbocycles. The Morgan fingerprint density at radius 1 is 1.20 bits per heavy atom. The van der Waals surface area contributed by atoms with E-state index in [1.165, 1.54) is 6.07 Å². The number of para-hydroxylation sites is 1. The molecule has 1 aliphatic rings. The van der Waals surface area contributed by atoms with Gasteiger partial charge in [0, 0.05) is 17.0 Å². The Morgan fingerprint density at radius 2 is 2.04 bits per heavy atom. The number of amides is 1. The summed E-state index contributed by atoms with van der Waals surface area (Å²) in [4.78, 5) is 22.6. The number of benzene rings is 1. The zero-order chi connectivity index (χ0) is 17.2. The number of thiazole rings is 1. The van der Waals surface area contributed by atoms with Gasteiger partial charge in [0.25, 0.3) is 0 Å². The molecule has 3 aromatic rings. The monoisotopic (exact) mass is 353 g/mol. The van der Waals surface area contributed by atoms with Gasteiger partial charge in [0.05, 0.1) is 17.1 Å². The van der Waals surface area contributed by atoms with E-state index in [2.05, 4.69) is 15.3 Å². The van der Waals surface area contributed by atoms with E-state index < -0.39 is 5.82 Å². The van der Waals surface area contributed by atoms with Gasteiger partial charge < -0.3 is 5.32 Å². The third-order valence-electron chi connectivity index (χ3n) is 4.33. The molecule has 1 N–H and O–H groups in total. The zero-order valence-corrected chi connectivity index (χ0v) is 14.2. The molecule has 4 nitrogen and oxygen atoms in total. The molecule has 0 saturated heterocycles. The smallest absolute Gasteiger partial charge is 0.227 e. The molecule has 1 aliphatic carbocycles. The molecule has 4 rings (SSSR count). The largest absolute Gasteiger partial charge is 0.323 e. The van der Waals surface area contributed by atoms with Crippen molar-refractivity contribution < 1.29 is 9.18 Å². The highest BCUT2D eigenvalue weighted by Crippen LogP contribution is 2.34. The molecular weight excluding hydrogens is 337 g/mol. The van der Waals surface area contributed by atoms with Gasteiger partial charge >= 0.3 is 0 Å². The van der Waals surface area contributed by atoms with Crippen LogP contribution in [0.5, 0.6) is 0 Å². The molecule has 25 heavy (non-hydrogen) atoms. The summed E-state index contributed by atoms with van der Waals surface area (Å²) in [7, 11) is 0. The molecule has 0 radical (unpaired) electrons. The van der Waals surface area contributed by atoms with Gasteiger partial charge in [-0.25, -0.2) is 9.37 Å². The average Bonchev–Trinajstić information content (AvgIpc) is 3.07. The summed E-state index contributed by atoms with van der Waals surface area (Å²) in [5.41, 5.74) is 2.15. The first-order valence-corrected chi connectivity index (χ1v) is 8.98.